The molecule has 0 aliphatic heterocycles. The number of nitrogens with two attached hydrogens (primary N) is 1. The van der Waals surface area contributed by atoms with Gasteiger partial charge in [-0.05, 0) is 38.0 Å². The first kappa shape index (κ1) is 11.9. The van der Waals surface area contributed by atoms with E-state index in [1.165, 1.54) is 16.9 Å². The Morgan fingerprint density at radius 3 is 2.71 bits per heavy atom. The molecule has 1 atom stereocenters. The fourth-order valence-electron chi connectivity index (χ4n) is 1.50. The molecular formula is C12H15N3OS. The highest BCUT2D eigenvalue weighted by atomic mass is 32.1. The van der Waals surface area contributed by atoms with E-state index in [4.69, 9.17) is 10.5 Å². The molecule has 0 aliphatic carbocycles. The van der Waals surface area contributed by atoms with Crippen molar-refractivity contribution in [2.45, 2.75) is 26.9 Å². The molecule has 1 aromatic carbocycles. The first-order valence-corrected chi connectivity index (χ1v) is 6.21. The van der Waals surface area contributed by atoms with Crippen LogP contribution in [0, 0.1) is 13.8 Å². The van der Waals surface area contributed by atoms with Gasteiger partial charge in [-0.1, -0.05) is 23.5 Å². The summed E-state index contributed by atoms with van der Waals surface area (Å²) in [6.07, 6.45) is -0.134. The molecule has 2 rings (SSSR count). The molecule has 0 fully saturated rings. The molecule has 2 aromatic rings. The van der Waals surface area contributed by atoms with E-state index in [1.54, 1.807) is 0 Å². The summed E-state index contributed by atoms with van der Waals surface area (Å²) in [4.78, 5) is 0. The second-order valence-corrected chi connectivity index (χ2v) is 4.98. The van der Waals surface area contributed by atoms with E-state index >= 15 is 0 Å². The predicted molar refractivity (Wildman–Crippen MR) is 69.3 cm³/mol. The van der Waals surface area contributed by atoms with Crippen molar-refractivity contribution in [1.82, 2.24) is 10.2 Å². The van der Waals surface area contributed by atoms with Crippen LogP contribution in [0.15, 0.2) is 18.2 Å². The SMILES string of the molecule is Cc1cccc(O[C@H](C)c2nnc(N)s2)c1C. The normalized spacial score (nSPS) is 12.4. The highest BCUT2D eigenvalue weighted by Gasteiger charge is 2.14. The lowest BCUT2D eigenvalue weighted by Crippen LogP contribution is -2.04. The fourth-order valence-corrected chi connectivity index (χ4v) is 2.10. The number of hydrogen-bond acceptors (Lipinski definition) is 5. The molecule has 17 heavy (non-hydrogen) atoms. The molecule has 0 amide bonds. The summed E-state index contributed by atoms with van der Waals surface area (Å²) in [5.74, 6) is 0.881. The summed E-state index contributed by atoms with van der Waals surface area (Å²) in [6, 6.07) is 6.01. The molecule has 0 saturated heterocycles. The maximum absolute atomic E-state index is 5.88. The van der Waals surface area contributed by atoms with Gasteiger partial charge in [0, 0.05) is 0 Å². The van der Waals surface area contributed by atoms with Crippen molar-refractivity contribution in [3.05, 3.63) is 34.3 Å². The molecule has 0 bridgehead atoms. The Morgan fingerprint density at radius 2 is 2.06 bits per heavy atom. The average molecular weight is 249 g/mol. The largest absolute Gasteiger partial charge is 0.483 e. The van der Waals surface area contributed by atoms with Gasteiger partial charge in [0.2, 0.25) is 5.13 Å². The lowest BCUT2D eigenvalue weighted by Gasteiger charge is -2.14. The number of benzene rings is 1. The third-order valence-corrected chi connectivity index (χ3v) is 3.58. The number of nitrogen functional groups attached to an aromatic ring is 1. The third-order valence-electron chi connectivity index (χ3n) is 2.66. The van der Waals surface area contributed by atoms with Crippen LogP contribution in [0.5, 0.6) is 5.75 Å². The molecule has 0 radical (unpaired) electrons. The maximum atomic E-state index is 5.88. The van der Waals surface area contributed by atoms with Gasteiger partial charge >= 0.3 is 0 Å². The smallest absolute Gasteiger partial charge is 0.203 e. The first-order chi connectivity index (χ1) is 8.08. The van der Waals surface area contributed by atoms with Crippen LogP contribution < -0.4 is 10.5 Å². The summed E-state index contributed by atoms with van der Waals surface area (Å²) in [5, 5.41) is 9.03. The van der Waals surface area contributed by atoms with Crippen LogP contribution in [0.4, 0.5) is 5.13 Å². The number of hydrogen-bond donors (Lipinski definition) is 1. The van der Waals surface area contributed by atoms with Gasteiger partial charge in [0.25, 0.3) is 0 Å². The van der Waals surface area contributed by atoms with Crippen molar-refractivity contribution < 1.29 is 4.74 Å². The third kappa shape index (κ3) is 2.55. The van der Waals surface area contributed by atoms with Crippen molar-refractivity contribution >= 4 is 16.5 Å². The van der Waals surface area contributed by atoms with Gasteiger partial charge in [-0.2, -0.15) is 0 Å². The average Bonchev–Trinajstić information content (AvgIpc) is 2.72. The van der Waals surface area contributed by atoms with Gasteiger partial charge in [-0.15, -0.1) is 10.2 Å². The Labute approximate surface area is 104 Å². The molecule has 5 heteroatoms. The second-order valence-electron chi connectivity index (χ2n) is 3.94. The zero-order valence-corrected chi connectivity index (χ0v) is 10.9. The van der Waals surface area contributed by atoms with Gasteiger partial charge in [0.15, 0.2) is 5.01 Å². The maximum Gasteiger partial charge on any atom is 0.203 e. The highest BCUT2D eigenvalue weighted by molar-refractivity contribution is 7.15. The van der Waals surface area contributed by atoms with Crippen LogP contribution in [-0.4, -0.2) is 10.2 Å². The van der Waals surface area contributed by atoms with E-state index in [1.807, 2.05) is 26.0 Å². The van der Waals surface area contributed by atoms with Gasteiger partial charge in [0.1, 0.15) is 11.9 Å². The summed E-state index contributed by atoms with van der Waals surface area (Å²) < 4.78 is 5.88. The van der Waals surface area contributed by atoms with Gasteiger partial charge in [0.05, 0.1) is 0 Å². The van der Waals surface area contributed by atoms with Crippen molar-refractivity contribution in [3.63, 3.8) is 0 Å². The number of rotatable bonds is 3. The highest BCUT2D eigenvalue weighted by Crippen LogP contribution is 2.28. The topological polar surface area (TPSA) is 61.0 Å². The number of anilines is 1. The van der Waals surface area contributed by atoms with E-state index < -0.39 is 0 Å². The van der Waals surface area contributed by atoms with Crippen LogP contribution >= 0.6 is 11.3 Å². The Balaban J connectivity index is 2.18. The van der Waals surface area contributed by atoms with Crippen LogP contribution in [0.1, 0.15) is 29.2 Å². The van der Waals surface area contributed by atoms with Crippen molar-refractivity contribution in [3.8, 4) is 5.75 Å². The summed E-state index contributed by atoms with van der Waals surface area (Å²) >= 11 is 1.36. The minimum atomic E-state index is -0.134. The van der Waals surface area contributed by atoms with E-state index in [0.29, 0.717) is 5.13 Å². The molecule has 1 aromatic heterocycles. The molecule has 90 valence electrons. The molecule has 0 saturated carbocycles. The van der Waals surface area contributed by atoms with E-state index in [9.17, 15) is 0 Å². The van der Waals surface area contributed by atoms with Gasteiger partial charge < -0.3 is 10.5 Å². The van der Waals surface area contributed by atoms with Gasteiger partial charge in [-0.25, -0.2) is 0 Å². The van der Waals surface area contributed by atoms with Crippen LogP contribution in [0.2, 0.25) is 0 Å². The molecule has 4 nitrogen and oxygen atoms in total. The molecule has 0 spiro atoms. The summed E-state index contributed by atoms with van der Waals surface area (Å²) in [5.41, 5.74) is 7.92. The summed E-state index contributed by atoms with van der Waals surface area (Å²) in [6.45, 7) is 6.06. The first-order valence-electron chi connectivity index (χ1n) is 5.39. The van der Waals surface area contributed by atoms with E-state index in [0.717, 1.165) is 16.3 Å². The monoisotopic (exact) mass is 249 g/mol. The molecule has 0 unspecified atom stereocenters. The Bertz CT molecular complexity index is 524. The quantitative estimate of drug-likeness (QED) is 0.908. The van der Waals surface area contributed by atoms with E-state index in [-0.39, 0.29) is 6.10 Å². The second kappa shape index (κ2) is 4.71. The standard InChI is InChI=1S/C12H15N3OS/c1-7-5-4-6-10(8(7)2)16-9(3)11-14-15-12(13)17-11/h4-6,9H,1-3H3,(H2,13,15)/t9-/m1/s1. The van der Waals surface area contributed by atoms with Crippen LogP contribution in [0.3, 0.4) is 0 Å². The number of aryl methyl sites for hydroxylation is 1. The number of aromatic nitrogens is 2. The Hall–Kier alpha value is -1.62. The zero-order chi connectivity index (χ0) is 12.4. The molecule has 2 N–H and O–H groups in total. The predicted octanol–water partition coefficient (Wildman–Crippen LogP) is 2.88. The molecule has 1 heterocycles. The molecular weight excluding hydrogens is 234 g/mol. The van der Waals surface area contributed by atoms with E-state index in [2.05, 4.69) is 23.2 Å². The number of nitrogens with zero attached hydrogens (tertiary/aromatic N) is 2. The van der Waals surface area contributed by atoms with Gasteiger partial charge in [-0.3, -0.25) is 0 Å². The minimum Gasteiger partial charge on any atom is -0.483 e. The number of ether oxygens (including phenoxy) is 1. The van der Waals surface area contributed by atoms with Crippen molar-refractivity contribution in [2.75, 3.05) is 5.73 Å². The minimum absolute atomic E-state index is 0.134. The summed E-state index contributed by atoms with van der Waals surface area (Å²) in [7, 11) is 0. The zero-order valence-electron chi connectivity index (χ0n) is 10.1. The lowest BCUT2D eigenvalue weighted by atomic mass is 10.1. The fraction of sp³-hybridized carbons (Fsp3) is 0.333. The molecule has 0 aliphatic rings. The van der Waals surface area contributed by atoms with Crippen LogP contribution in [-0.2, 0) is 0 Å². The van der Waals surface area contributed by atoms with Crippen molar-refractivity contribution in [2.24, 2.45) is 0 Å². The lowest BCUT2D eigenvalue weighted by molar-refractivity contribution is 0.224. The Kier molecular flexibility index (Phi) is 3.28. The Morgan fingerprint density at radius 1 is 1.29 bits per heavy atom. The van der Waals surface area contributed by atoms with Crippen LogP contribution in [0.25, 0.3) is 0 Å². The van der Waals surface area contributed by atoms with Crippen molar-refractivity contribution in [1.29, 1.82) is 0 Å².